The Labute approximate surface area is 106 Å². The fourth-order valence-electron chi connectivity index (χ4n) is 1.75. The van der Waals surface area contributed by atoms with Gasteiger partial charge in [0.2, 0.25) is 0 Å². The fraction of sp³-hybridized carbons (Fsp3) is 0.214. The zero-order chi connectivity index (χ0) is 13.0. The standard InChI is InChI=1S/C14H15NO3/c1-17-11-5-3-10(4-6-11)14(16)12-7-8-15-9-13(12)18-2/h3-9,14,16H,1-2H3. The molecule has 0 bridgehead atoms. The van der Waals surface area contributed by atoms with E-state index in [-0.39, 0.29) is 0 Å². The highest BCUT2D eigenvalue weighted by Crippen LogP contribution is 2.29. The van der Waals surface area contributed by atoms with Crippen molar-refractivity contribution in [1.82, 2.24) is 4.98 Å². The number of methoxy groups -OCH3 is 2. The smallest absolute Gasteiger partial charge is 0.143 e. The van der Waals surface area contributed by atoms with Crippen LogP contribution in [0.25, 0.3) is 0 Å². The van der Waals surface area contributed by atoms with Crippen LogP contribution < -0.4 is 9.47 Å². The van der Waals surface area contributed by atoms with Crippen LogP contribution in [0.4, 0.5) is 0 Å². The van der Waals surface area contributed by atoms with Crippen LogP contribution in [0.5, 0.6) is 11.5 Å². The van der Waals surface area contributed by atoms with E-state index in [2.05, 4.69) is 4.98 Å². The Balaban J connectivity index is 2.31. The monoisotopic (exact) mass is 245 g/mol. The Morgan fingerprint density at radius 1 is 1.06 bits per heavy atom. The van der Waals surface area contributed by atoms with Gasteiger partial charge in [0.15, 0.2) is 0 Å². The van der Waals surface area contributed by atoms with Crippen molar-refractivity contribution in [2.75, 3.05) is 14.2 Å². The maximum absolute atomic E-state index is 10.3. The van der Waals surface area contributed by atoms with E-state index in [9.17, 15) is 5.11 Å². The van der Waals surface area contributed by atoms with Crippen LogP contribution >= 0.6 is 0 Å². The first-order valence-corrected chi connectivity index (χ1v) is 5.56. The number of hydrogen-bond donors (Lipinski definition) is 1. The van der Waals surface area contributed by atoms with Gasteiger partial charge in [-0.15, -0.1) is 0 Å². The van der Waals surface area contributed by atoms with Crippen molar-refractivity contribution in [3.05, 3.63) is 53.9 Å². The average molecular weight is 245 g/mol. The highest BCUT2D eigenvalue weighted by atomic mass is 16.5. The molecule has 0 saturated carbocycles. The van der Waals surface area contributed by atoms with Crippen LogP contribution in [-0.4, -0.2) is 24.3 Å². The molecule has 4 nitrogen and oxygen atoms in total. The molecule has 0 amide bonds. The van der Waals surface area contributed by atoms with Crippen LogP contribution in [-0.2, 0) is 0 Å². The first-order chi connectivity index (χ1) is 8.76. The molecular weight excluding hydrogens is 230 g/mol. The summed E-state index contributed by atoms with van der Waals surface area (Å²) >= 11 is 0. The van der Waals surface area contributed by atoms with E-state index in [1.165, 1.54) is 0 Å². The summed E-state index contributed by atoms with van der Waals surface area (Å²) in [7, 11) is 3.17. The predicted octanol–water partition coefficient (Wildman–Crippen LogP) is 2.18. The van der Waals surface area contributed by atoms with Crippen LogP contribution in [0.15, 0.2) is 42.7 Å². The molecule has 0 spiro atoms. The molecular formula is C14H15NO3. The molecule has 1 N–H and O–H groups in total. The molecule has 0 aliphatic heterocycles. The maximum Gasteiger partial charge on any atom is 0.143 e. The Kier molecular flexibility index (Phi) is 3.79. The SMILES string of the molecule is COc1ccc(C(O)c2ccncc2OC)cc1. The van der Waals surface area contributed by atoms with E-state index >= 15 is 0 Å². The van der Waals surface area contributed by atoms with E-state index in [0.29, 0.717) is 11.3 Å². The third kappa shape index (κ3) is 2.43. The number of aliphatic hydroxyl groups excluding tert-OH is 1. The minimum Gasteiger partial charge on any atom is -0.497 e. The number of ether oxygens (including phenoxy) is 2. The fourth-order valence-corrected chi connectivity index (χ4v) is 1.75. The van der Waals surface area contributed by atoms with E-state index in [4.69, 9.17) is 9.47 Å². The molecule has 1 aromatic carbocycles. The second kappa shape index (κ2) is 5.51. The topological polar surface area (TPSA) is 51.6 Å². The van der Waals surface area contributed by atoms with Gasteiger partial charge < -0.3 is 14.6 Å². The second-order valence-corrected chi connectivity index (χ2v) is 3.79. The third-order valence-corrected chi connectivity index (χ3v) is 2.76. The van der Waals surface area contributed by atoms with Gasteiger partial charge in [-0.25, -0.2) is 0 Å². The van der Waals surface area contributed by atoms with Crippen molar-refractivity contribution in [2.24, 2.45) is 0 Å². The molecule has 1 atom stereocenters. The van der Waals surface area contributed by atoms with Gasteiger partial charge in [0.1, 0.15) is 17.6 Å². The number of hydrogen-bond acceptors (Lipinski definition) is 4. The summed E-state index contributed by atoms with van der Waals surface area (Å²) in [6.45, 7) is 0. The Bertz CT molecular complexity index is 511. The summed E-state index contributed by atoms with van der Waals surface area (Å²) in [5.74, 6) is 1.33. The quantitative estimate of drug-likeness (QED) is 0.897. The summed E-state index contributed by atoms with van der Waals surface area (Å²) in [4.78, 5) is 3.96. The average Bonchev–Trinajstić information content (AvgIpc) is 2.46. The first-order valence-electron chi connectivity index (χ1n) is 5.56. The maximum atomic E-state index is 10.3. The second-order valence-electron chi connectivity index (χ2n) is 3.79. The molecule has 4 heteroatoms. The molecule has 0 saturated heterocycles. The molecule has 2 aromatic rings. The Morgan fingerprint density at radius 2 is 1.78 bits per heavy atom. The van der Waals surface area contributed by atoms with Crippen molar-refractivity contribution >= 4 is 0 Å². The van der Waals surface area contributed by atoms with Crippen molar-refractivity contribution < 1.29 is 14.6 Å². The molecule has 0 aliphatic carbocycles. The van der Waals surface area contributed by atoms with Crippen LogP contribution in [0.1, 0.15) is 17.2 Å². The lowest BCUT2D eigenvalue weighted by molar-refractivity contribution is 0.214. The summed E-state index contributed by atoms with van der Waals surface area (Å²) in [5, 5.41) is 10.3. The molecule has 94 valence electrons. The van der Waals surface area contributed by atoms with Crippen LogP contribution in [0.2, 0.25) is 0 Å². The largest absolute Gasteiger partial charge is 0.497 e. The predicted molar refractivity (Wildman–Crippen MR) is 67.8 cm³/mol. The number of benzene rings is 1. The lowest BCUT2D eigenvalue weighted by Crippen LogP contribution is -2.02. The molecule has 0 fully saturated rings. The van der Waals surface area contributed by atoms with Gasteiger partial charge in [-0.05, 0) is 23.8 Å². The van der Waals surface area contributed by atoms with E-state index in [0.717, 1.165) is 11.3 Å². The number of pyridine rings is 1. The van der Waals surface area contributed by atoms with Gasteiger partial charge in [-0.1, -0.05) is 12.1 Å². The number of nitrogens with zero attached hydrogens (tertiary/aromatic N) is 1. The summed E-state index contributed by atoms with van der Waals surface area (Å²) < 4.78 is 10.3. The molecule has 2 rings (SSSR count). The van der Waals surface area contributed by atoms with Crippen LogP contribution in [0, 0.1) is 0 Å². The number of aliphatic hydroxyl groups is 1. The number of rotatable bonds is 4. The lowest BCUT2D eigenvalue weighted by atomic mass is 10.0. The van der Waals surface area contributed by atoms with E-state index in [1.807, 2.05) is 24.3 Å². The summed E-state index contributed by atoms with van der Waals surface area (Å²) in [6.07, 6.45) is 2.47. The molecule has 0 aliphatic rings. The zero-order valence-corrected chi connectivity index (χ0v) is 10.3. The van der Waals surface area contributed by atoms with Gasteiger partial charge in [0.25, 0.3) is 0 Å². The highest BCUT2D eigenvalue weighted by molar-refractivity contribution is 5.39. The first kappa shape index (κ1) is 12.4. The Hall–Kier alpha value is -2.07. The normalized spacial score (nSPS) is 11.9. The van der Waals surface area contributed by atoms with Gasteiger partial charge in [-0.3, -0.25) is 4.98 Å². The molecule has 0 radical (unpaired) electrons. The van der Waals surface area contributed by atoms with Gasteiger partial charge >= 0.3 is 0 Å². The Morgan fingerprint density at radius 3 is 2.39 bits per heavy atom. The van der Waals surface area contributed by atoms with Crippen molar-refractivity contribution in [2.45, 2.75) is 6.10 Å². The zero-order valence-electron chi connectivity index (χ0n) is 10.3. The van der Waals surface area contributed by atoms with Crippen molar-refractivity contribution in [3.63, 3.8) is 0 Å². The molecule has 1 heterocycles. The molecule has 18 heavy (non-hydrogen) atoms. The molecule has 1 aromatic heterocycles. The lowest BCUT2D eigenvalue weighted by Gasteiger charge is -2.14. The van der Waals surface area contributed by atoms with Crippen LogP contribution in [0.3, 0.4) is 0 Å². The van der Waals surface area contributed by atoms with E-state index in [1.54, 1.807) is 32.7 Å². The van der Waals surface area contributed by atoms with Crippen molar-refractivity contribution in [3.8, 4) is 11.5 Å². The minimum atomic E-state index is -0.742. The van der Waals surface area contributed by atoms with Gasteiger partial charge in [-0.2, -0.15) is 0 Å². The minimum absolute atomic E-state index is 0.570. The third-order valence-electron chi connectivity index (χ3n) is 2.76. The van der Waals surface area contributed by atoms with E-state index < -0.39 is 6.10 Å². The molecule has 1 unspecified atom stereocenters. The highest BCUT2D eigenvalue weighted by Gasteiger charge is 2.15. The summed E-state index contributed by atoms with van der Waals surface area (Å²) in [6, 6.07) is 9.01. The van der Waals surface area contributed by atoms with Gasteiger partial charge in [0, 0.05) is 11.8 Å². The van der Waals surface area contributed by atoms with Crippen molar-refractivity contribution in [1.29, 1.82) is 0 Å². The summed E-state index contributed by atoms with van der Waals surface area (Å²) in [5.41, 5.74) is 1.47. The van der Waals surface area contributed by atoms with Gasteiger partial charge in [0.05, 0.1) is 20.4 Å². The number of aromatic nitrogens is 1.